The Bertz CT molecular complexity index is 1020. The maximum absolute atomic E-state index is 13.4. The molecule has 2 aromatic carbocycles. The van der Waals surface area contributed by atoms with Crippen LogP contribution in [0, 0.1) is 27.7 Å². The molecule has 0 atom stereocenters. The van der Waals surface area contributed by atoms with E-state index in [1.165, 1.54) is 4.90 Å². The summed E-state index contributed by atoms with van der Waals surface area (Å²) in [7, 11) is 0. The van der Waals surface area contributed by atoms with Gasteiger partial charge in [-0.15, -0.1) is 0 Å². The number of imide groups is 1. The summed E-state index contributed by atoms with van der Waals surface area (Å²) in [6, 6.07) is 12.0. The number of benzene rings is 2. The van der Waals surface area contributed by atoms with Crippen LogP contribution in [-0.2, 0) is 14.3 Å². The fourth-order valence-corrected chi connectivity index (χ4v) is 4.10. The fourth-order valence-electron chi connectivity index (χ4n) is 4.10. The normalized spacial score (nSPS) is 14.0. The summed E-state index contributed by atoms with van der Waals surface area (Å²) in [6.45, 7) is 11.7. The fraction of sp³-hybridized carbons (Fsp3) is 0.407. The standard InChI is InChI=1S/C27H34N2O3/c1-6-7-12-32-13-8-11-29-26(30)24(23-10-9-18(2)15-21(23)5)25(27(29)31)28-22-16-19(3)14-20(4)17-22/h9-10,14-17,28H,6-8,11-13H2,1-5H3. The number of hydrogen-bond acceptors (Lipinski definition) is 4. The summed E-state index contributed by atoms with van der Waals surface area (Å²) in [5.74, 6) is -0.528. The van der Waals surface area contributed by atoms with Crippen molar-refractivity contribution >= 4 is 23.1 Å². The number of hydrogen-bond donors (Lipinski definition) is 1. The minimum Gasteiger partial charge on any atom is -0.381 e. The van der Waals surface area contributed by atoms with Crippen molar-refractivity contribution in [3.05, 3.63) is 69.9 Å². The molecule has 0 saturated carbocycles. The van der Waals surface area contributed by atoms with Gasteiger partial charge in [-0.05, 0) is 74.9 Å². The molecule has 0 fully saturated rings. The van der Waals surface area contributed by atoms with Gasteiger partial charge in [0.15, 0.2) is 0 Å². The lowest BCUT2D eigenvalue weighted by Crippen LogP contribution is -2.34. The Balaban J connectivity index is 1.90. The number of anilines is 1. The molecule has 170 valence electrons. The van der Waals surface area contributed by atoms with Crippen LogP contribution in [0.5, 0.6) is 0 Å². The van der Waals surface area contributed by atoms with Crippen molar-refractivity contribution in [3.63, 3.8) is 0 Å². The number of unbranched alkanes of at least 4 members (excludes halogenated alkanes) is 1. The van der Waals surface area contributed by atoms with Gasteiger partial charge in [-0.25, -0.2) is 0 Å². The van der Waals surface area contributed by atoms with Gasteiger partial charge in [0, 0.05) is 25.4 Å². The molecule has 0 aromatic heterocycles. The molecule has 1 aliphatic rings. The van der Waals surface area contributed by atoms with E-state index in [2.05, 4.69) is 18.3 Å². The van der Waals surface area contributed by atoms with Crippen LogP contribution in [0.15, 0.2) is 42.1 Å². The van der Waals surface area contributed by atoms with Crippen LogP contribution >= 0.6 is 0 Å². The van der Waals surface area contributed by atoms with Crippen LogP contribution in [0.25, 0.3) is 5.57 Å². The van der Waals surface area contributed by atoms with Gasteiger partial charge in [0.1, 0.15) is 5.70 Å². The molecule has 2 amide bonds. The number of amides is 2. The summed E-state index contributed by atoms with van der Waals surface area (Å²) in [4.78, 5) is 28.1. The van der Waals surface area contributed by atoms with Gasteiger partial charge >= 0.3 is 0 Å². The van der Waals surface area contributed by atoms with Crippen LogP contribution in [-0.4, -0.2) is 36.5 Å². The zero-order valence-corrected chi connectivity index (χ0v) is 19.9. The van der Waals surface area contributed by atoms with Gasteiger partial charge < -0.3 is 10.1 Å². The molecule has 0 saturated heterocycles. The van der Waals surface area contributed by atoms with E-state index in [0.717, 1.165) is 46.3 Å². The van der Waals surface area contributed by atoms with Crippen LogP contribution in [0.4, 0.5) is 5.69 Å². The van der Waals surface area contributed by atoms with Crippen molar-refractivity contribution in [1.29, 1.82) is 0 Å². The molecule has 5 nitrogen and oxygen atoms in total. The van der Waals surface area contributed by atoms with Gasteiger partial charge in [-0.3, -0.25) is 14.5 Å². The number of ether oxygens (including phenoxy) is 1. The lowest BCUT2D eigenvalue weighted by atomic mass is 9.97. The van der Waals surface area contributed by atoms with E-state index in [1.54, 1.807) is 0 Å². The van der Waals surface area contributed by atoms with Crippen molar-refractivity contribution in [2.45, 2.75) is 53.9 Å². The summed E-state index contributed by atoms with van der Waals surface area (Å²) in [5, 5.41) is 3.28. The molecule has 1 aliphatic heterocycles. The molecular formula is C27H34N2O3. The number of rotatable bonds is 10. The van der Waals surface area contributed by atoms with Gasteiger partial charge in [0.25, 0.3) is 11.8 Å². The first-order valence-electron chi connectivity index (χ1n) is 11.4. The Labute approximate surface area is 191 Å². The first-order valence-corrected chi connectivity index (χ1v) is 11.4. The van der Waals surface area contributed by atoms with E-state index >= 15 is 0 Å². The molecule has 1 N–H and O–H groups in total. The second-order valence-corrected chi connectivity index (χ2v) is 8.65. The highest BCUT2D eigenvalue weighted by atomic mass is 16.5. The molecule has 0 aliphatic carbocycles. The molecule has 3 rings (SSSR count). The van der Waals surface area contributed by atoms with Gasteiger partial charge in [0.2, 0.25) is 0 Å². The van der Waals surface area contributed by atoms with E-state index < -0.39 is 0 Å². The van der Waals surface area contributed by atoms with Crippen molar-refractivity contribution in [2.24, 2.45) is 0 Å². The van der Waals surface area contributed by atoms with E-state index in [4.69, 9.17) is 4.74 Å². The summed E-state index contributed by atoms with van der Waals surface area (Å²) in [6.07, 6.45) is 2.72. The molecular weight excluding hydrogens is 400 g/mol. The number of carbonyl (C=O) groups excluding carboxylic acids is 2. The quantitative estimate of drug-likeness (QED) is 0.406. The third-order valence-corrected chi connectivity index (χ3v) is 5.62. The highest BCUT2D eigenvalue weighted by Crippen LogP contribution is 2.33. The summed E-state index contributed by atoms with van der Waals surface area (Å²) >= 11 is 0. The molecule has 32 heavy (non-hydrogen) atoms. The lowest BCUT2D eigenvalue weighted by Gasteiger charge is -2.15. The third kappa shape index (κ3) is 5.46. The predicted molar refractivity (Wildman–Crippen MR) is 129 cm³/mol. The predicted octanol–water partition coefficient (Wildman–Crippen LogP) is 5.32. The average molecular weight is 435 g/mol. The zero-order valence-electron chi connectivity index (χ0n) is 19.9. The summed E-state index contributed by atoms with van der Waals surface area (Å²) < 4.78 is 5.62. The molecule has 2 aromatic rings. The van der Waals surface area contributed by atoms with Crippen molar-refractivity contribution in [1.82, 2.24) is 4.90 Å². The Morgan fingerprint density at radius 3 is 2.19 bits per heavy atom. The van der Waals surface area contributed by atoms with E-state index in [0.29, 0.717) is 37.4 Å². The summed E-state index contributed by atoms with van der Waals surface area (Å²) in [5.41, 5.74) is 6.68. The van der Waals surface area contributed by atoms with Crippen LogP contribution in [0.3, 0.4) is 0 Å². The lowest BCUT2D eigenvalue weighted by molar-refractivity contribution is -0.137. The Kier molecular flexibility index (Phi) is 7.86. The number of aryl methyl sites for hydroxylation is 4. The smallest absolute Gasteiger partial charge is 0.278 e. The van der Waals surface area contributed by atoms with E-state index in [9.17, 15) is 9.59 Å². The van der Waals surface area contributed by atoms with Crippen LogP contribution in [0.2, 0.25) is 0 Å². The van der Waals surface area contributed by atoms with Crippen molar-refractivity contribution < 1.29 is 14.3 Å². The first kappa shape index (κ1) is 23.7. The van der Waals surface area contributed by atoms with Gasteiger partial charge in [-0.1, -0.05) is 43.2 Å². The molecule has 5 heteroatoms. The minimum atomic E-state index is -0.280. The maximum atomic E-state index is 13.4. The second-order valence-electron chi connectivity index (χ2n) is 8.65. The molecule has 0 unspecified atom stereocenters. The topological polar surface area (TPSA) is 58.6 Å². The number of nitrogens with one attached hydrogen (secondary N) is 1. The van der Waals surface area contributed by atoms with Crippen LogP contribution < -0.4 is 5.32 Å². The first-order chi connectivity index (χ1) is 15.3. The Hall–Kier alpha value is -2.92. The third-order valence-electron chi connectivity index (χ3n) is 5.62. The highest BCUT2D eigenvalue weighted by Gasteiger charge is 2.39. The SMILES string of the molecule is CCCCOCCCN1C(=O)C(Nc2cc(C)cc(C)c2)=C(c2ccc(C)cc2C)C1=O. The molecule has 1 heterocycles. The monoisotopic (exact) mass is 434 g/mol. The highest BCUT2D eigenvalue weighted by molar-refractivity contribution is 6.36. The maximum Gasteiger partial charge on any atom is 0.278 e. The molecule has 0 spiro atoms. The minimum absolute atomic E-state index is 0.248. The van der Waals surface area contributed by atoms with Gasteiger partial charge in [0.05, 0.1) is 5.57 Å². The van der Waals surface area contributed by atoms with Crippen molar-refractivity contribution in [2.75, 3.05) is 25.1 Å². The Morgan fingerprint density at radius 2 is 1.53 bits per heavy atom. The second kappa shape index (κ2) is 10.6. The van der Waals surface area contributed by atoms with E-state index in [1.807, 2.05) is 58.0 Å². The largest absolute Gasteiger partial charge is 0.381 e. The zero-order chi connectivity index (χ0) is 23.3. The Morgan fingerprint density at radius 1 is 0.844 bits per heavy atom. The van der Waals surface area contributed by atoms with Crippen molar-refractivity contribution in [3.8, 4) is 0 Å². The van der Waals surface area contributed by atoms with E-state index in [-0.39, 0.29) is 11.8 Å². The number of carbonyl (C=O) groups is 2. The molecule has 0 bridgehead atoms. The van der Waals surface area contributed by atoms with Gasteiger partial charge in [-0.2, -0.15) is 0 Å². The molecule has 0 radical (unpaired) electrons. The van der Waals surface area contributed by atoms with Crippen LogP contribution in [0.1, 0.15) is 54.0 Å². The average Bonchev–Trinajstić information content (AvgIpc) is 2.94. The number of nitrogens with zero attached hydrogens (tertiary/aromatic N) is 1.